The van der Waals surface area contributed by atoms with Crippen LogP contribution in [-0.2, 0) is 6.54 Å². The topological polar surface area (TPSA) is 62.5 Å². The number of carbonyl (C=O) groups is 1. The van der Waals surface area contributed by atoms with Crippen molar-refractivity contribution in [2.24, 2.45) is 0 Å². The lowest BCUT2D eigenvalue weighted by Gasteiger charge is -2.09. The summed E-state index contributed by atoms with van der Waals surface area (Å²) in [6, 6.07) is 3.91. The van der Waals surface area contributed by atoms with Crippen LogP contribution in [0.1, 0.15) is 21.9 Å². The minimum Gasteiger partial charge on any atom is -0.478 e. The Morgan fingerprint density at radius 3 is 2.75 bits per heavy atom. The van der Waals surface area contributed by atoms with E-state index >= 15 is 0 Å². The van der Waals surface area contributed by atoms with E-state index in [0.717, 1.165) is 0 Å². The zero-order valence-electron chi connectivity index (χ0n) is 10.3. The number of carboxylic acids is 1. The van der Waals surface area contributed by atoms with E-state index in [4.69, 9.17) is 21.1 Å². The quantitative estimate of drug-likeness (QED) is 0.843. The van der Waals surface area contributed by atoms with Crippen LogP contribution in [0.5, 0.6) is 0 Å². The maximum atomic E-state index is 13.1. The van der Waals surface area contributed by atoms with Gasteiger partial charge in [-0.2, -0.15) is 0 Å². The molecule has 0 aliphatic rings. The Morgan fingerprint density at radius 2 is 2.20 bits per heavy atom. The van der Waals surface area contributed by atoms with Crippen molar-refractivity contribution in [1.82, 2.24) is 0 Å². The standard InChI is InChI=1S/C13H10BrClFNO3/c1-6-9(13(18)19)4-8(20-6)5-17-12-10(14)2-7(16)3-11(12)15/h2-4,17H,5H2,1H3,(H,18,19). The number of benzene rings is 1. The Kier molecular flexibility index (Phi) is 4.35. The van der Waals surface area contributed by atoms with E-state index in [2.05, 4.69) is 21.2 Å². The van der Waals surface area contributed by atoms with Gasteiger partial charge in [-0.3, -0.25) is 0 Å². The molecule has 0 atom stereocenters. The van der Waals surface area contributed by atoms with Gasteiger partial charge in [0.1, 0.15) is 22.9 Å². The second-order valence-corrected chi connectivity index (χ2v) is 5.35. The highest BCUT2D eigenvalue weighted by Crippen LogP contribution is 2.32. The SMILES string of the molecule is Cc1oc(CNc2c(Cl)cc(F)cc2Br)cc1C(=O)O. The average molecular weight is 363 g/mol. The third kappa shape index (κ3) is 3.13. The Bertz CT molecular complexity index is 649. The molecule has 2 rings (SSSR count). The molecule has 0 aliphatic heterocycles. The predicted octanol–water partition coefficient (Wildman–Crippen LogP) is 4.45. The maximum absolute atomic E-state index is 13.1. The molecule has 20 heavy (non-hydrogen) atoms. The summed E-state index contributed by atoms with van der Waals surface area (Å²) in [7, 11) is 0. The number of rotatable bonds is 4. The molecule has 106 valence electrons. The minimum absolute atomic E-state index is 0.117. The number of furan rings is 1. The molecule has 2 N–H and O–H groups in total. The molecule has 1 heterocycles. The molecule has 7 heteroatoms. The molecule has 0 spiro atoms. The van der Waals surface area contributed by atoms with E-state index < -0.39 is 11.8 Å². The van der Waals surface area contributed by atoms with Crippen molar-refractivity contribution in [1.29, 1.82) is 0 Å². The number of nitrogens with one attached hydrogen (secondary N) is 1. The lowest BCUT2D eigenvalue weighted by Crippen LogP contribution is -2.00. The molecule has 0 aliphatic carbocycles. The molecule has 1 aromatic carbocycles. The van der Waals surface area contributed by atoms with E-state index in [1.54, 1.807) is 6.92 Å². The second kappa shape index (κ2) is 5.85. The highest BCUT2D eigenvalue weighted by Gasteiger charge is 2.14. The van der Waals surface area contributed by atoms with Crippen LogP contribution in [0, 0.1) is 12.7 Å². The van der Waals surface area contributed by atoms with Gasteiger partial charge in [0.25, 0.3) is 0 Å². The predicted molar refractivity (Wildman–Crippen MR) is 76.8 cm³/mol. The van der Waals surface area contributed by atoms with Gasteiger partial charge in [-0.15, -0.1) is 0 Å². The summed E-state index contributed by atoms with van der Waals surface area (Å²) in [5.41, 5.74) is 0.630. The van der Waals surface area contributed by atoms with Crippen LogP contribution in [0.15, 0.2) is 27.1 Å². The number of hydrogen-bond acceptors (Lipinski definition) is 3. The van der Waals surface area contributed by atoms with Gasteiger partial charge in [0.05, 0.1) is 17.3 Å². The van der Waals surface area contributed by atoms with E-state index in [1.165, 1.54) is 18.2 Å². The number of hydrogen-bond donors (Lipinski definition) is 2. The first-order valence-electron chi connectivity index (χ1n) is 5.59. The molecular formula is C13H10BrClFNO3. The molecule has 0 radical (unpaired) electrons. The van der Waals surface area contributed by atoms with Crippen LogP contribution in [0.2, 0.25) is 5.02 Å². The van der Waals surface area contributed by atoms with Gasteiger partial charge in [-0.25, -0.2) is 9.18 Å². The first-order chi connectivity index (χ1) is 9.38. The first kappa shape index (κ1) is 14.9. The molecule has 2 aromatic rings. The summed E-state index contributed by atoms with van der Waals surface area (Å²) in [6.07, 6.45) is 0. The summed E-state index contributed by atoms with van der Waals surface area (Å²) in [4.78, 5) is 10.9. The zero-order valence-corrected chi connectivity index (χ0v) is 12.7. The Morgan fingerprint density at radius 1 is 1.50 bits per heavy atom. The lowest BCUT2D eigenvalue weighted by atomic mass is 10.2. The van der Waals surface area contributed by atoms with Crippen molar-refractivity contribution in [2.45, 2.75) is 13.5 Å². The van der Waals surface area contributed by atoms with Crippen molar-refractivity contribution in [2.75, 3.05) is 5.32 Å². The number of halogens is 3. The highest BCUT2D eigenvalue weighted by molar-refractivity contribution is 9.10. The van der Waals surface area contributed by atoms with Crippen LogP contribution in [0.3, 0.4) is 0 Å². The fraction of sp³-hybridized carbons (Fsp3) is 0.154. The Hall–Kier alpha value is -1.53. The third-order valence-corrected chi connectivity index (χ3v) is 3.57. The van der Waals surface area contributed by atoms with Crippen LogP contribution in [0.4, 0.5) is 10.1 Å². The summed E-state index contributed by atoms with van der Waals surface area (Å²) in [5, 5.41) is 12.1. The van der Waals surface area contributed by atoms with Crippen LogP contribution < -0.4 is 5.32 Å². The average Bonchev–Trinajstić information content (AvgIpc) is 2.69. The molecule has 4 nitrogen and oxygen atoms in total. The number of aromatic carboxylic acids is 1. The van der Waals surface area contributed by atoms with E-state index in [9.17, 15) is 9.18 Å². The van der Waals surface area contributed by atoms with Gasteiger partial charge < -0.3 is 14.8 Å². The summed E-state index contributed by atoms with van der Waals surface area (Å²) in [5.74, 6) is -0.710. The maximum Gasteiger partial charge on any atom is 0.339 e. The van der Waals surface area contributed by atoms with Gasteiger partial charge >= 0.3 is 5.97 Å². The minimum atomic E-state index is -1.04. The molecule has 0 saturated carbocycles. The first-order valence-corrected chi connectivity index (χ1v) is 6.76. The zero-order chi connectivity index (χ0) is 14.9. The monoisotopic (exact) mass is 361 g/mol. The lowest BCUT2D eigenvalue weighted by molar-refractivity contribution is 0.0695. The highest BCUT2D eigenvalue weighted by atomic mass is 79.9. The van der Waals surface area contributed by atoms with Gasteiger partial charge in [0.2, 0.25) is 0 Å². The van der Waals surface area contributed by atoms with E-state index in [0.29, 0.717) is 21.7 Å². The number of carboxylic acid groups (broad SMARTS) is 1. The molecule has 1 aromatic heterocycles. The molecular weight excluding hydrogens is 353 g/mol. The van der Waals surface area contributed by atoms with Gasteiger partial charge in [-0.1, -0.05) is 11.6 Å². The van der Waals surface area contributed by atoms with Crippen molar-refractivity contribution < 1.29 is 18.7 Å². The van der Waals surface area contributed by atoms with E-state index in [-0.39, 0.29) is 17.1 Å². The molecule has 0 unspecified atom stereocenters. The third-order valence-electron chi connectivity index (χ3n) is 2.65. The molecule has 0 saturated heterocycles. The normalized spacial score (nSPS) is 10.6. The van der Waals surface area contributed by atoms with Crippen LogP contribution in [-0.4, -0.2) is 11.1 Å². The van der Waals surface area contributed by atoms with Gasteiger partial charge in [0.15, 0.2) is 0 Å². The smallest absolute Gasteiger partial charge is 0.339 e. The Labute approximate surface area is 127 Å². The molecule has 0 bridgehead atoms. The van der Waals surface area contributed by atoms with Crippen molar-refractivity contribution >= 4 is 39.2 Å². The fourth-order valence-electron chi connectivity index (χ4n) is 1.73. The van der Waals surface area contributed by atoms with Gasteiger partial charge in [-0.05, 0) is 41.1 Å². The summed E-state index contributed by atoms with van der Waals surface area (Å²) < 4.78 is 18.9. The van der Waals surface area contributed by atoms with Crippen LogP contribution in [0.25, 0.3) is 0 Å². The van der Waals surface area contributed by atoms with Crippen LogP contribution >= 0.6 is 27.5 Å². The van der Waals surface area contributed by atoms with Crippen molar-refractivity contribution in [3.63, 3.8) is 0 Å². The van der Waals surface area contributed by atoms with Crippen molar-refractivity contribution in [3.8, 4) is 0 Å². The summed E-state index contributed by atoms with van der Waals surface area (Å²) in [6.45, 7) is 1.81. The second-order valence-electron chi connectivity index (χ2n) is 4.09. The number of aryl methyl sites for hydroxylation is 1. The fourth-order valence-corrected chi connectivity index (χ4v) is 2.69. The summed E-state index contributed by atoms with van der Waals surface area (Å²) >= 11 is 9.13. The number of anilines is 1. The molecule has 0 amide bonds. The van der Waals surface area contributed by atoms with Crippen molar-refractivity contribution in [3.05, 3.63) is 50.6 Å². The largest absolute Gasteiger partial charge is 0.478 e. The van der Waals surface area contributed by atoms with Gasteiger partial charge in [0, 0.05) is 4.47 Å². The van der Waals surface area contributed by atoms with E-state index in [1.807, 2.05) is 0 Å². The molecule has 0 fully saturated rings. The Balaban J connectivity index is 2.17.